The van der Waals surface area contributed by atoms with Gasteiger partial charge in [-0.05, 0) is 12.1 Å². The van der Waals surface area contributed by atoms with E-state index < -0.39 is 0 Å². The highest BCUT2D eigenvalue weighted by Crippen LogP contribution is 2.18. The topological polar surface area (TPSA) is 68.0 Å². The van der Waals surface area contributed by atoms with E-state index in [9.17, 15) is 9.90 Å². The van der Waals surface area contributed by atoms with Gasteiger partial charge in [-0.2, -0.15) is 0 Å². The zero-order valence-corrected chi connectivity index (χ0v) is 7.16. The van der Waals surface area contributed by atoms with Gasteiger partial charge in [-0.25, -0.2) is 0 Å². The normalized spacial score (nSPS) is 10.0. The van der Waals surface area contributed by atoms with Crippen molar-refractivity contribution in [1.82, 2.24) is 14.8 Å². The van der Waals surface area contributed by atoms with E-state index in [1.807, 2.05) is 0 Å². The highest BCUT2D eigenvalue weighted by Gasteiger charge is 2.02. The molecule has 0 aliphatic heterocycles. The third-order valence-electron chi connectivity index (χ3n) is 1.86. The van der Waals surface area contributed by atoms with Crippen LogP contribution < -0.4 is 0 Å². The Labute approximate surface area is 79.6 Å². The molecule has 2 rings (SSSR count). The van der Waals surface area contributed by atoms with Crippen molar-refractivity contribution in [3.8, 4) is 11.4 Å². The summed E-state index contributed by atoms with van der Waals surface area (Å²) in [5, 5.41) is 16.7. The van der Waals surface area contributed by atoms with Crippen LogP contribution in [0.2, 0.25) is 0 Å². The fraction of sp³-hybridized carbons (Fsp3) is 0. The lowest BCUT2D eigenvalue weighted by Gasteiger charge is -2.02. The van der Waals surface area contributed by atoms with Crippen LogP contribution in [0.15, 0.2) is 30.9 Å². The molecule has 0 atom stereocenters. The molecule has 0 saturated heterocycles. The van der Waals surface area contributed by atoms with Crippen molar-refractivity contribution in [1.29, 1.82) is 0 Å². The maximum absolute atomic E-state index is 10.4. The molecule has 0 aliphatic rings. The lowest BCUT2D eigenvalue weighted by molar-refractivity contribution is 0.112. The van der Waals surface area contributed by atoms with Crippen LogP contribution in [0, 0.1) is 0 Å². The summed E-state index contributed by atoms with van der Waals surface area (Å²) in [4.78, 5) is 10.4. The molecule has 0 saturated carbocycles. The Balaban J connectivity index is 2.48. The van der Waals surface area contributed by atoms with Crippen LogP contribution in [-0.4, -0.2) is 26.2 Å². The molecule has 0 unspecified atom stereocenters. The summed E-state index contributed by atoms with van der Waals surface area (Å²) >= 11 is 0. The minimum Gasteiger partial charge on any atom is -0.507 e. The lowest BCUT2D eigenvalue weighted by Crippen LogP contribution is -1.91. The fourth-order valence-electron chi connectivity index (χ4n) is 1.13. The zero-order valence-electron chi connectivity index (χ0n) is 7.16. The van der Waals surface area contributed by atoms with E-state index in [4.69, 9.17) is 0 Å². The predicted octanol–water partition coefficient (Wildman–Crippen LogP) is 0.785. The largest absolute Gasteiger partial charge is 0.507 e. The van der Waals surface area contributed by atoms with E-state index in [0.717, 1.165) is 0 Å². The van der Waals surface area contributed by atoms with E-state index in [0.29, 0.717) is 12.0 Å². The van der Waals surface area contributed by atoms with Gasteiger partial charge in [0, 0.05) is 6.07 Å². The average Bonchev–Trinajstić information content (AvgIpc) is 2.70. The Morgan fingerprint density at radius 2 is 2.00 bits per heavy atom. The number of benzene rings is 1. The van der Waals surface area contributed by atoms with Gasteiger partial charge in [-0.15, -0.1) is 10.2 Å². The minimum atomic E-state index is -0.0498. The zero-order chi connectivity index (χ0) is 9.97. The number of rotatable bonds is 2. The molecule has 70 valence electrons. The van der Waals surface area contributed by atoms with Crippen molar-refractivity contribution < 1.29 is 9.90 Å². The number of aromatic nitrogens is 3. The van der Waals surface area contributed by atoms with Gasteiger partial charge in [0.15, 0.2) is 6.29 Å². The summed E-state index contributed by atoms with van der Waals surface area (Å²) in [6.07, 6.45) is 3.62. The second-order valence-electron chi connectivity index (χ2n) is 2.73. The second-order valence-corrected chi connectivity index (χ2v) is 2.73. The van der Waals surface area contributed by atoms with Crippen molar-refractivity contribution in [3.63, 3.8) is 0 Å². The van der Waals surface area contributed by atoms with Gasteiger partial charge in [0.1, 0.15) is 18.4 Å². The minimum absolute atomic E-state index is 0.0498. The van der Waals surface area contributed by atoms with Gasteiger partial charge >= 0.3 is 0 Å². The molecule has 0 fully saturated rings. The summed E-state index contributed by atoms with van der Waals surface area (Å²) in [5.74, 6) is -0.0498. The summed E-state index contributed by atoms with van der Waals surface area (Å²) in [5.41, 5.74) is 0.972. The van der Waals surface area contributed by atoms with Gasteiger partial charge in [0.2, 0.25) is 0 Å². The quantitative estimate of drug-likeness (QED) is 0.709. The molecule has 0 amide bonds. The first kappa shape index (κ1) is 8.43. The summed E-state index contributed by atoms with van der Waals surface area (Å²) in [6.45, 7) is 0. The molecule has 0 bridgehead atoms. The smallest absolute Gasteiger partial charge is 0.153 e. The Morgan fingerprint density at radius 1 is 1.29 bits per heavy atom. The van der Waals surface area contributed by atoms with Crippen molar-refractivity contribution in [2.75, 3.05) is 0 Å². The first-order valence-electron chi connectivity index (χ1n) is 3.94. The molecule has 5 nitrogen and oxygen atoms in total. The van der Waals surface area contributed by atoms with Gasteiger partial charge in [0.05, 0.1) is 11.3 Å². The Bertz CT molecular complexity index is 451. The van der Waals surface area contributed by atoms with Crippen molar-refractivity contribution in [2.45, 2.75) is 0 Å². The molecule has 2 aromatic rings. The van der Waals surface area contributed by atoms with Crippen molar-refractivity contribution in [3.05, 3.63) is 36.4 Å². The first-order chi connectivity index (χ1) is 6.81. The highest BCUT2D eigenvalue weighted by atomic mass is 16.3. The molecule has 14 heavy (non-hydrogen) atoms. The van der Waals surface area contributed by atoms with Crippen LogP contribution in [0.25, 0.3) is 5.69 Å². The Hall–Kier alpha value is -2.17. The number of aromatic hydroxyl groups is 1. The number of phenols is 1. The summed E-state index contributed by atoms with van der Waals surface area (Å²) in [7, 11) is 0. The molecule has 0 aliphatic carbocycles. The number of carbonyl (C=O) groups excluding carboxylic acids is 1. The predicted molar refractivity (Wildman–Crippen MR) is 48.4 cm³/mol. The third kappa shape index (κ3) is 1.35. The molecule has 0 spiro atoms. The van der Waals surface area contributed by atoms with Gasteiger partial charge in [0.25, 0.3) is 0 Å². The van der Waals surface area contributed by atoms with Gasteiger partial charge in [-0.3, -0.25) is 9.36 Å². The molecular weight excluding hydrogens is 182 g/mol. The maximum Gasteiger partial charge on any atom is 0.153 e. The summed E-state index contributed by atoms with van der Waals surface area (Å²) < 4.78 is 1.63. The van der Waals surface area contributed by atoms with Gasteiger partial charge < -0.3 is 5.11 Å². The summed E-state index contributed by atoms with van der Waals surface area (Å²) in [6, 6.07) is 4.72. The van der Waals surface area contributed by atoms with Crippen LogP contribution >= 0.6 is 0 Å². The van der Waals surface area contributed by atoms with Crippen LogP contribution in [0.3, 0.4) is 0 Å². The van der Waals surface area contributed by atoms with E-state index in [2.05, 4.69) is 10.2 Å². The Morgan fingerprint density at radius 3 is 2.57 bits per heavy atom. The molecule has 1 aromatic heterocycles. The molecule has 1 N–H and O–H groups in total. The molecule has 5 heteroatoms. The SMILES string of the molecule is O=Cc1ccc(-n2cnnc2)cc1O. The maximum atomic E-state index is 10.4. The number of nitrogens with zero attached hydrogens (tertiary/aromatic N) is 3. The molecule has 0 radical (unpaired) electrons. The van der Waals surface area contributed by atoms with Crippen molar-refractivity contribution in [2.24, 2.45) is 0 Å². The average molecular weight is 189 g/mol. The van der Waals surface area contributed by atoms with Crippen LogP contribution in [0.4, 0.5) is 0 Å². The monoisotopic (exact) mass is 189 g/mol. The molecular formula is C9H7N3O2. The number of hydrogen-bond donors (Lipinski definition) is 1. The lowest BCUT2D eigenvalue weighted by atomic mass is 10.2. The molecule has 1 aromatic carbocycles. The Kier molecular flexibility index (Phi) is 1.98. The number of phenolic OH excluding ortho intramolecular Hbond substituents is 1. The number of carbonyl (C=O) groups is 1. The fourth-order valence-corrected chi connectivity index (χ4v) is 1.13. The highest BCUT2D eigenvalue weighted by molar-refractivity contribution is 5.79. The standard InChI is InChI=1S/C9H7N3O2/c13-4-7-1-2-8(3-9(7)14)12-5-10-11-6-12/h1-6,14H. The van der Waals surface area contributed by atoms with E-state index in [1.165, 1.54) is 24.8 Å². The van der Waals surface area contributed by atoms with E-state index in [1.54, 1.807) is 10.6 Å². The van der Waals surface area contributed by atoms with Crippen LogP contribution in [0.1, 0.15) is 10.4 Å². The van der Waals surface area contributed by atoms with Gasteiger partial charge in [-0.1, -0.05) is 0 Å². The van der Waals surface area contributed by atoms with Crippen molar-refractivity contribution >= 4 is 6.29 Å². The van der Waals surface area contributed by atoms with Crippen LogP contribution in [-0.2, 0) is 0 Å². The number of hydrogen-bond acceptors (Lipinski definition) is 4. The first-order valence-corrected chi connectivity index (χ1v) is 3.94. The number of aldehydes is 1. The molecule has 1 heterocycles. The second kappa shape index (κ2) is 3.29. The van der Waals surface area contributed by atoms with Crippen LogP contribution in [0.5, 0.6) is 5.75 Å². The van der Waals surface area contributed by atoms with E-state index in [-0.39, 0.29) is 11.3 Å². The third-order valence-corrected chi connectivity index (χ3v) is 1.86. The van der Waals surface area contributed by atoms with E-state index >= 15 is 0 Å².